The summed E-state index contributed by atoms with van der Waals surface area (Å²) in [4.78, 5) is 23.9. The van der Waals surface area contributed by atoms with Crippen LogP contribution in [-0.4, -0.2) is 18.4 Å². The van der Waals surface area contributed by atoms with E-state index in [2.05, 4.69) is 10.6 Å². The monoisotopic (exact) mass is 291 g/mol. The molecule has 0 aliphatic carbocycles. The van der Waals surface area contributed by atoms with E-state index in [1.165, 1.54) is 0 Å². The van der Waals surface area contributed by atoms with Crippen molar-refractivity contribution in [1.82, 2.24) is 0 Å². The first-order valence-electron chi connectivity index (χ1n) is 6.99. The Labute approximate surface area is 126 Å². The van der Waals surface area contributed by atoms with Gasteiger partial charge in [0.05, 0.1) is 5.41 Å². The summed E-state index contributed by atoms with van der Waals surface area (Å²) in [5.74, 6) is -0.181. The highest BCUT2D eigenvalue weighted by Gasteiger charge is 2.25. The van der Waals surface area contributed by atoms with Gasteiger partial charge in [-0.1, -0.05) is 20.8 Å². The lowest BCUT2D eigenvalue weighted by atomic mass is 9.92. The van der Waals surface area contributed by atoms with Gasteiger partial charge in [-0.05, 0) is 38.1 Å². The van der Waals surface area contributed by atoms with E-state index in [0.29, 0.717) is 11.4 Å². The third-order valence-electron chi connectivity index (χ3n) is 3.21. The van der Waals surface area contributed by atoms with E-state index in [9.17, 15) is 9.59 Å². The molecule has 2 amide bonds. The minimum Gasteiger partial charge on any atom is -0.329 e. The van der Waals surface area contributed by atoms with Crippen LogP contribution in [0.2, 0.25) is 0 Å². The average Bonchev–Trinajstić information content (AvgIpc) is 2.39. The van der Waals surface area contributed by atoms with Crippen LogP contribution in [0.25, 0.3) is 0 Å². The van der Waals surface area contributed by atoms with E-state index < -0.39 is 10.8 Å². The van der Waals surface area contributed by atoms with Gasteiger partial charge in [-0.3, -0.25) is 9.59 Å². The Morgan fingerprint density at radius 2 is 1.29 bits per heavy atom. The highest BCUT2D eigenvalue weighted by molar-refractivity contribution is 5.96. The molecule has 0 saturated carbocycles. The van der Waals surface area contributed by atoms with Gasteiger partial charge in [0.25, 0.3) is 0 Å². The zero-order chi connectivity index (χ0) is 16.3. The van der Waals surface area contributed by atoms with Crippen LogP contribution in [0, 0.1) is 10.8 Å². The van der Waals surface area contributed by atoms with Crippen LogP contribution in [0.1, 0.15) is 34.6 Å². The Morgan fingerprint density at radius 1 is 0.905 bits per heavy atom. The number of amides is 2. The van der Waals surface area contributed by atoms with Crippen LogP contribution < -0.4 is 16.4 Å². The molecule has 5 heteroatoms. The molecule has 0 saturated heterocycles. The maximum absolute atomic E-state index is 12.0. The molecule has 0 atom stereocenters. The number of nitrogens with one attached hydrogen (secondary N) is 2. The molecule has 0 spiro atoms. The van der Waals surface area contributed by atoms with Crippen molar-refractivity contribution in [2.24, 2.45) is 16.6 Å². The van der Waals surface area contributed by atoms with E-state index in [1.807, 2.05) is 20.8 Å². The van der Waals surface area contributed by atoms with Crippen molar-refractivity contribution in [2.45, 2.75) is 34.6 Å². The van der Waals surface area contributed by atoms with Crippen LogP contribution in [-0.2, 0) is 9.59 Å². The first-order chi connectivity index (χ1) is 9.56. The van der Waals surface area contributed by atoms with Crippen LogP contribution in [0.15, 0.2) is 24.3 Å². The molecule has 1 rings (SSSR count). The molecule has 0 radical (unpaired) electrons. The maximum Gasteiger partial charge on any atom is 0.231 e. The quantitative estimate of drug-likeness (QED) is 0.797. The predicted octanol–water partition coefficient (Wildman–Crippen LogP) is 2.59. The average molecular weight is 291 g/mol. The first-order valence-corrected chi connectivity index (χ1v) is 6.99. The van der Waals surface area contributed by atoms with Crippen molar-refractivity contribution in [3.05, 3.63) is 24.3 Å². The zero-order valence-corrected chi connectivity index (χ0v) is 13.4. The number of nitrogens with two attached hydrogens (primary N) is 1. The van der Waals surface area contributed by atoms with E-state index in [0.717, 1.165) is 0 Å². The highest BCUT2D eigenvalue weighted by Crippen LogP contribution is 2.21. The molecule has 4 N–H and O–H groups in total. The molecule has 0 aliphatic rings. The second kappa shape index (κ2) is 6.26. The van der Waals surface area contributed by atoms with Gasteiger partial charge >= 0.3 is 0 Å². The third kappa shape index (κ3) is 4.86. The number of benzene rings is 1. The molecule has 0 aromatic heterocycles. The van der Waals surface area contributed by atoms with Crippen molar-refractivity contribution < 1.29 is 9.59 Å². The van der Waals surface area contributed by atoms with E-state index in [1.54, 1.807) is 38.1 Å². The van der Waals surface area contributed by atoms with Crippen molar-refractivity contribution in [2.75, 3.05) is 17.2 Å². The van der Waals surface area contributed by atoms with Crippen molar-refractivity contribution >= 4 is 23.2 Å². The number of hydrogen-bond donors (Lipinski definition) is 3. The summed E-state index contributed by atoms with van der Waals surface area (Å²) >= 11 is 0. The molecular formula is C16H25N3O2. The standard InChI is InChI=1S/C16H25N3O2/c1-15(2,3)13(20)18-11-6-8-12(9-7-11)19-14(21)16(4,5)10-17/h6-9H,10,17H2,1-5H3,(H,18,20)(H,19,21). The largest absolute Gasteiger partial charge is 0.329 e. The highest BCUT2D eigenvalue weighted by atomic mass is 16.2. The zero-order valence-electron chi connectivity index (χ0n) is 13.4. The molecule has 1 aromatic rings. The lowest BCUT2D eigenvalue weighted by Gasteiger charge is -2.21. The fourth-order valence-corrected chi connectivity index (χ4v) is 1.35. The molecular weight excluding hydrogens is 266 g/mol. The Balaban J connectivity index is 2.71. The van der Waals surface area contributed by atoms with Crippen LogP contribution in [0.5, 0.6) is 0 Å². The molecule has 0 unspecified atom stereocenters. The summed E-state index contributed by atoms with van der Waals surface area (Å²) in [5, 5.41) is 5.64. The molecule has 1 aromatic carbocycles. The van der Waals surface area contributed by atoms with Crippen LogP contribution in [0.4, 0.5) is 11.4 Å². The van der Waals surface area contributed by atoms with Crippen LogP contribution >= 0.6 is 0 Å². The Hall–Kier alpha value is -1.88. The third-order valence-corrected chi connectivity index (χ3v) is 3.21. The van der Waals surface area contributed by atoms with E-state index in [-0.39, 0.29) is 18.4 Å². The van der Waals surface area contributed by atoms with Crippen molar-refractivity contribution in [3.63, 3.8) is 0 Å². The van der Waals surface area contributed by atoms with Crippen molar-refractivity contribution in [1.29, 1.82) is 0 Å². The number of carbonyl (C=O) groups is 2. The maximum atomic E-state index is 12.0. The second-order valence-electron chi connectivity index (χ2n) is 6.82. The molecule has 0 aliphatic heterocycles. The minimum atomic E-state index is -0.612. The molecule has 0 bridgehead atoms. The van der Waals surface area contributed by atoms with Gasteiger partial charge < -0.3 is 16.4 Å². The molecule has 5 nitrogen and oxygen atoms in total. The van der Waals surface area contributed by atoms with Crippen LogP contribution in [0.3, 0.4) is 0 Å². The Morgan fingerprint density at radius 3 is 1.62 bits per heavy atom. The fourth-order valence-electron chi connectivity index (χ4n) is 1.35. The van der Waals surface area contributed by atoms with Crippen molar-refractivity contribution in [3.8, 4) is 0 Å². The van der Waals surface area contributed by atoms with Gasteiger partial charge in [-0.15, -0.1) is 0 Å². The predicted molar refractivity (Wildman–Crippen MR) is 86.0 cm³/mol. The van der Waals surface area contributed by atoms with Gasteiger partial charge in [0, 0.05) is 23.3 Å². The van der Waals surface area contributed by atoms with E-state index in [4.69, 9.17) is 5.73 Å². The number of carbonyl (C=O) groups excluding carboxylic acids is 2. The summed E-state index contributed by atoms with van der Waals surface area (Å²) in [6.07, 6.45) is 0. The van der Waals surface area contributed by atoms with E-state index >= 15 is 0 Å². The smallest absolute Gasteiger partial charge is 0.231 e. The SMILES string of the molecule is CC(C)(C)C(=O)Nc1ccc(NC(=O)C(C)(C)CN)cc1. The van der Waals surface area contributed by atoms with Gasteiger partial charge in [-0.2, -0.15) is 0 Å². The lowest BCUT2D eigenvalue weighted by molar-refractivity contribution is -0.124. The fraction of sp³-hybridized carbons (Fsp3) is 0.500. The summed E-state index contributed by atoms with van der Waals surface area (Å²) in [7, 11) is 0. The number of anilines is 2. The lowest BCUT2D eigenvalue weighted by Crippen LogP contribution is -2.37. The summed E-state index contributed by atoms with van der Waals surface area (Å²) in [5.41, 5.74) is 5.89. The minimum absolute atomic E-state index is 0.0523. The molecule has 116 valence electrons. The number of hydrogen-bond acceptors (Lipinski definition) is 3. The Bertz CT molecular complexity index is 513. The second-order valence-corrected chi connectivity index (χ2v) is 6.82. The summed E-state index contributed by atoms with van der Waals surface area (Å²) < 4.78 is 0. The van der Waals surface area contributed by atoms with Gasteiger partial charge in [0.15, 0.2) is 0 Å². The summed E-state index contributed by atoms with van der Waals surface area (Å²) in [6.45, 7) is 9.42. The molecule has 21 heavy (non-hydrogen) atoms. The summed E-state index contributed by atoms with van der Waals surface area (Å²) in [6, 6.07) is 7.02. The van der Waals surface area contributed by atoms with Gasteiger partial charge in [0.1, 0.15) is 0 Å². The topological polar surface area (TPSA) is 84.2 Å². The Kier molecular flexibility index (Phi) is 5.12. The van der Waals surface area contributed by atoms with Gasteiger partial charge in [-0.25, -0.2) is 0 Å². The molecule has 0 heterocycles. The normalized spacial score (nSPS) is 11.9. The number of rotatable bonds is 4. The van der Waals surface area contributed by atoms with Gasteiger partial charge in [0.2, 0.25) is 11.8 Å². The molecule has 0 fully saturated rings. The first kappa shape index (κ1) is 17.2.